The summed E-state index contributed by atoms with van der Waals surface area (Å²) < 4.78 is 13.9. The first-order chi connectivity index (χ1) is 10.1. The zero-order chi connectivity index (χ0) is 15.0. The number of fused-ring (bicyclic) bond motifs is 1. The van der Waals surface area contributed by atoms with Gasteiger partial charge in [0.15, 0.2) is 0 Å². The molecule has 0 spiro atoms. The standard InChI is InChI=1S/C15H15FN2O3/c16-11-7-3-6-10-13(11)18(15(21)14(10)20)8-12(19)17-9-4-1-2-5-9/h3,6-7,9H,1-2,4-5,8H2,(H,17,19). The first kappa shape index (κ1) is 13.7. The van der Waals surface area contributed by atoms with E-state index in [2.05, 4.69) is 5.32 Å². The largest absolute Gasteiger partial charge is 0.352 e. The molecule has 2 amide bonds. The summed E-state index contributed by atoms with van der Waals surface area (Å²) in [7, 11) is 0. The molecule has 1 aliphatic carbocycles. The highest BCUT2D eigenvalue weighted by Gasteiger charge is 2.39. The summed E-state index contributed by atoms with van der Waals surface area (Å²) in [6, 6.07) is 4.06. The Balaban J connectivity index is 1.78. The summed E-state index contributed by atoms with van der Waals surface area (Å²) in [5.41, 5.74) is -0.0669. The summed E-state index contributed by atoms with van der Waals surface area (Å²) in [6.45, 7) is -0.324. The lowest BCUT2D eigenvalue weighted by atomic mass is 10.1. The molecule has 110 valence electrons. The second kappa shape index (κ2) is 5.27. The van der Waals surface area contributed by atoms with Gasteiger partial charge in [-0.3, -0.25) is 19.3 Å². The number of hydrogen-bond donors (Lipinski definition) is 1. The predicted octanol–water partition coefficient (Wildman–Crippen LogP) is 1.41. The molecule has 5 nitrogen and oxygen atoms in total. The molecular formula is C15H15FN2O3. The van der Waals surface area contributed by atoms with Gasteiger partial charge in [-0.1, -0.05) is 18.9 Å². The van der Waals surface area contributed by atoms with Gasteiger partial charge in [-0.15, -0.1) is 0 Å². The van der Waals surface area contributed by atoms with Crippen molar-refractivity contribution in [2.24, 2.45) is 0 Å². The van der Waals surface area contributed by atoms with Crippen LogP contribution in [0.15, 0.2) is 18.2 Å². The number of anilines is 1. The number of nitrogens with zero attached hydrogens (tertiary/aromatic N) is 1. The first-order valence-corrected chi connectivity index (χ1v) is 7.02. The van der Waals surface area contributed by atoms with Crippen molar-refractivity contribution in [3.05, 3.63) is 29.6 Å². The summed E-state index contributed by atoms with van der Waals surface area (Å²) in [4.78, 5) is 36.6. The normalized spacial score (nSPS) is 18.2. The van der Waals surface area contributed by atoms with E-state index in [9.17, 15) is 18.8 Å². The van der Waals surface area contributed by atoms with Crippen LogP contribution >= 0.6 is 0 Å². The van der Waals surface area contributed by atoms with Crippen molar-refractivity contribution >= 4 is 23.3 Å². The minimum atomic E-state index is -0.850. The monoisotopic (exact) mass is 290 g/mol. The lowest BCUT2D eigenvalue weighted by Gasteiger charge is -2.18. The third-order valence-electron chi connectivity index (χ3n) is 3.96. The summed E-state index contributed by atoms with van der Waals surface area (Å²) in [6.07, 6.45) is 3.99. The maximum atomic E-state index is 13.9. The van der Waals surface area contributed by atoms with Crippen molar-refractivity contribution in [3.8, 4) is 0 Å². The molecular weight excluding hydrogens is 275 g/mol. The second-order valence-electron chi connectivity index (χ2n) is 5.41. The smallest absolute Gasteiger partial charge is 0.300 e. The van der Waals surface area contributed by atoms with E-state index in [4.69, 9.17) is 0 Å². The van der Waals surface area contributed by atoms with Gasteiger partial charge in [0.1, 0.15) is 12.4 Å². The van der Waals surface area contributed by atoms with E-state index in [1.807, 2.05) is 0 Å². The van der Waals surface area contributed by atoms with E-state index < -0.39 is 17.5 Å². The van der Waals surface area contributed by atoms with Gasteiger partial charge in [0.05, 0.1) is 11.3 Å². The predicted molar refractivity (Wildman–Crippen MR) is 73.5 cm³/mol. The number of rotatable bonds is 3. The molecule has 0 radical (unpaired) electrons. The van der Waals surface area contributed by atoms with Gasteiger partial charge >= 0.3 is 0 Å². The molecule has 21 heavy (non-hydrogen) atoms. The minimum Gasteiger partial charge on any atom is -0.352 e. The average Bonchev–Trinajstić information content (AvgIpc) is 3.03. The number of carbonyl (C=O) groups is 3. The number of ketones is 1. The van der Waals surface area contributed by atoms with E-state index in [-0.39, 0.29) is 29.7 Å². The Morgan fingerprint density at radius 3 is 2.71 bits per heavy atom. The number of Topliss-reactive ketones (excluding diaryl/α,β-unsaturated/α-hetero) is 1. The van der Waals surface area contributed by atoms with Crippen molar-refractivity contribution in [2.75, 3.05) is 11.4 Å². The zero-order valence-electron chi connectivity index (χ0n) is 11.4. The molecule has 2 aliphatic rings. The van der Waals surface area contributed by atoms with Gasteiger partial charge in [-0.2, -0.15) is 0 Å². The fourth-order valence-electron chi connectivity index (χ4n) is 2.95. The lowest BCUT2D eigenvalue weighted by molar-refractivity contribution is -0.122. The number of benzene rings is 1. The molecule has 0 atom stereocenters. The number of nitrogens with one attached hydrogen (secondary N) is 1. The zero-order valence-corrected chi connectivity index (χ0v) is 11.4. The SMILES string of the molecule is O=C(CN1C(=O)C(=O)c2cccc(F)c21)NC1CCCC1. The first-order valence-electron chi connectivity index (χ1n) is 7.02. The van der Waals surface area contributed by atoms with Crippen LogP contribution in [-0.4, -0.2) is 30.2 Å². The van der Waals surface area contributed by atoms with Gasteiger partial charge in [0.2, 0.25) is 5.91 Å². The molecule has 6 heteroatoms. The summed E-state index contributed by atoms with van der Waals surface area (Å²) in [5, 5.41) is 2.82. The Hall–Kier alpha value is -2.24. The third kappa shape index (κ3) is 2.41. The van der Waals surface area contributed by atoms with Crippen LogP contribution < -0.4 is 10.2 Å². The number of para-hydroxylation sites is 1. The Morgan fingerprint density at radius 1 is 1.29 bits per heavy atom. The molecule has 0 saturated heterocycles. The van der Waals surface area contributed by atoms with Gasteiger partial charge in [0, 0.05) is 6.04 Å². The summed E-state index contributed by atoms with van der Waals surface area (Å²) in [5.74, 6) is -2.64. The second-order valence-corrected chi connectivity index (χ2v) is 5.41. The summed E-state index contributed by atoms with van der Waals surface area (Å²) >= 11 is 0. The highest BCUT2D eigenvalue weighted by molar-refractivity contribution is 6.52. The maximum absolute atomic E-state index is 13.9. The quantitative estimate of drug-likeness (QED) is 0.856. The molecule has 1 aromatic rings. The Bertz CT molecular complexity index is 623. The molecule has 1 fully saturated rings. The number of carbonyl (C=O) groups excluding carboxylic acids is 3. The highest BCUT2D eigenvalue weighted by Crippen LogP contribution is 2.31. The molecule has 0 bridgehead atoms. The van der Waals surface area contributed by atoms with Crippen LogP contribution in [0, 0.1) is 5.82 Å². The Kier molecular flexibility index (Phi) is 3.45. The number of hydrogen-bond acceptors (Lipinski definition) is 3. The molecule has 1 aromatic carbocycles. The van der Waals surface area contributed by atoms with Gasteiger partial charge in [-0.25, -0.2) is 4.39 Å². The molecule has 1 N–H and O–H groups in total. The van der Waals surface area contributed by atoms with E-state index in [0.717, 1.165) is 30.6 Å². The van der Waals surface area contributed by atoms with E-state index in [1.165, 1.54) is 18.2 Å². The molecule has 0 unspecified atom stereocenters. The van der Waals surface area contributed by atoms with Crippen molar-refractivity contribution in [1.82, 2.24) is 5.32 Å². The fourth-order valence-corrected chi connectivity index (χ4v) is 2.95. The van der Waals surface area contributed by atoms with Gasteiger partial charge in [-0.05, 0) is 25.0 Å². The van der Waals surface area contributed by atoms with Crippen LogP contribution in [0.3, 0.4) is 0 Å². The van der Waals surface area contributed by atoms with Gasteiger partial charge in [0.25, 0.3) is 11.7 Å². The highest BCUT2D eigenvalue weighted by atomic mass is 19.1. The van der Waals surface area contributed by atoms with E-state index in [1.54, 1.807) is 0 Å². The van der Waals surface area contributed by atoms with Crippen LogP contribution in [0.4, 0.5) is 10.1 Å². The maximum Gasteiger partial charge on any atom is 0.300 e. The van der Waals surface area contributed by atoms with Crippen molar-refractivity contribution in [1.29, 1.82) is 0 Å². The van der Waals surface area contributed by atoms with Crippen LogP contribution in [0.25, 0.3) is 0 Å². The molecule has 3 rings (SSSR count). The topological polar surface area (TPSA) is 66.5 Å². The molecule has 1 aliphatic heterocycles. The van der Waals surface area contributed by atoms with Crippen molar-refractivity contribution in [2.45, 2.75) is 31.7 Å². The lowest BCUT2D eigenvalue weighted by Crippen LogP contribution is -2.43. The Morgan fingerprint density at radius 2 is 2.00 bits per heavy atom. The van der Waals surface area contributed by atoms with Crippen LogP contribution in [-0.2, 0) is 9.59 Å². The van der Waals surface area contributed by atoms with Crippen molar-refractivity contribution < 1.29 is 18.8 Å². The average molecular weight is 290 g/mol. The fraction of sp³-hybridized carbons (Fsp3) is 0.400. The van der Waals surface area contributed by atoms with Crippen LogP contribution in [0.2, 0.25) is 0 Å². The Labute approximate surface area is 121 Å². The molecule has 0 aromatic heterocycles. The number of amides is 2. The van der Waals surface area contributed by atoms with E-state index >= 15 is 0 Å². The van der Waals surface area contributed by atoms with Crippen LogP contribution in [0.5, 0.6) is 0 Å². The number of halogens is 1. The van der Waals surface area contributed by atoms with E-state index in [0.29, 0.717) is 0 Å². The molecule has 1 saturated carbocycles. The molecule has 1 heterocycles. The van der Waals surface area contributed by atoms with Crippen LogP contribution in [0.1, 0.15) is 36.0 Å². The minimum absolute atomic E-state index is 0.0219. The van der Waals surface area contributed by atoms with Gasteiger partial charge < -0.3 is 5.32 Å². The van der Waals surface area contributed by atoms with Crippen molar-refractivity contribution in [3.63, 3.8) is 0 Å². The third-order valence-corrected chi connectivity index (χ3v) is 3.96.